The van der Waals surface area contributed by atoms with Gasteiger partial charge in [-0.15, -0.1) is 0 Å². The predicted octanol–water partition coefficient (Wildman–Crippen LogP) is 2.67. The Morgan fingerprint density at radius 3 is 2.56 bits per heavy atom. The van der Waals surface area contributed by atoms with Crippen molar-refractivity contribution in [3.8, 4) is 5.69 Å². The maximum Gasteiger partial charge on any atom is 0.244 e. The largest absolute Gasteiger partial charge is 0.321 e. The van der Waals surface area contributed by atoms with E-state index in [1.165, 1.54) is 6.33 Å². The maximum atomic E-state index is 13.1. The monoisotopic (exact) mass is 339 g/mol. The van der Waals surface area contributed by atoms with Gasteiger partial charge in [-0.25, -0.2) is 9.67 Å². The summed E-state index contributed by atoms with van der Waals surface area (Å²) < 4.78 is 1.74. The molecule has 1 N–H and O–H groups in total. The molecule has 1 aliphatic carbocycles. The molecule has 6 heteroatoms. The number of nitrogens with zero attached hydrogens (tertiary/aromatic N) is 4. The first-order valence-corrected chi connectivity index (χ1v) is 9.13. The average molecular weight is 339 g/mol. The molecule has 1 aromatic heterocycles. The van der Waals surface area contributed by atoms with Crippen LogP contribution in [0.25, 0.3) is 5.69 Å². The highest BCUT2D eigenvalue weighted by Crippen LogP contribution is 2.41. The fourth-order valence-corrected chi connectivity index (χ4v) is 4.13. The van der Waals surface area contributed by atoms with Gasteiger partial charge in [0.1, 0.15) is 18.8 Å². The molecule has 2 aromatic rings. The number of rotatable bonds is 4. The molecular weight excluding hydrogens is 314 g/mol. The molecule has 1 saturated heterocycles. The van der Waals surface area contributed by atoms with Crippen LogP contribution >= 0.6 is 0 Å². The van der Waals surface area contributed by atoms with Gasteiger partial charge >= 0.3 is 0 Å². The molecule has 1 aliphatic heterocycles. The minimum Gasteiger partial charge on any atom is -0.321 e. The van der Waals surface area contributed by atoms with E-state index in [9.17, 15) is 4.79 Å². The third-order valence-electron chi connectivity index (χ3n) is 5.31. The molecule has 4 rings (SSSR count). The zero-order chi connectivity index (χ0) is 17.4. The number of hydrogen-bond donors (Lipinski definition) is 1. The molecule has 2 fully saturated rings. The smallest absolute Gasteiger partial charge is 0.244 e. The highest BCUT2D eigenvalue weighted by molar-refractivity contribution is 5.89. The van der Waals surface area contributed by atoms with Gasteiger partial charge in [0, 0.05) is 6.54 Å². The number of carbonyl (C=O) groups is 1. The van der Waals surface area contributed by atoms with Gasteiger partial charge in [0.2, 0.25) is 5.91 Å². The summed E-state index contributed by atoms with van der Waals surface area (Å²) in [4.78, 5) is 19.2. The Morgan fingerprint density at radius 2 is 1.96 bits per heavy atom. The lowest BCUT2D eigenvalue weighted by atomic mass is 9.98. The molecule has 1 aromatic carbocycles. The van der Waals surface area contributed by atoms with Crippen molar-refractivity contribution in [3.63, 3.8) is 0 Å². The summed E-state index contributed by atoms with van der Waals surface area (Å²) in [7, 11) is 0. The topological polar surface area (TPSA) is 63.1 Å². The Kier molecular flexibility index (Phi) is 4.07. The first-order chi connectivity index (χ1) is 12.1. The van der Waals surface area contributed by atoms with Crippen molar-refractivity contribution in [2.24, 2.45) is 5.92 Å². The van der Waals surface area contributed by atoms with Crippen LogP contribution in [0.1, 0.15) is 51.3 Å². The number of hydrogen-bond acceptors (Lipinski definition) is 4. The van der Waals surface area contributed by atoms with Crippen molar-refractivity contribution in [1.82, 2.24) is 25.0 Å². The number of benzene rings is 1. The van der Waals surface area contributed by atoms with E-state index in [0.29, 0.717) is 5.92 Å². The molecule has 0 bridgehead atoms. The van der Waals surface area contributed by atoms with Crippen LogP contribution in [0.3, 0.4) is 0 Å². The van der Waals surface area contributed by atoms with Gasteiger partial charge in [-0.1, -0.05) is 38.8 Å². The summed E-state index contributed by atoms with van der Waals surface area (Å²) in [6.07, 6.45) is 7.34. The Balaban J connectivity index is 1.63. The second-order valence-electron chi connectivity index (χ2n) is 7.62. The highest BCUT2D eigenvalue weighted by atomic mass is 16.2. The molecule has 6 nitrogen and oxygen atoms in total. The SMILES string of the molecule is CC(C)CN1C(=O)C2(CCCC2)N[C@H]1c1ccc(-n2cncn2)cc1. The van der Waals surface area contributed by atoms with Crippen molar-refractivity contribution in [2.45, 2.75) is 51.2 Å². The Labute approximate surface area is 148 Å². The van der Waals surface area contributed by atoms with E-state index in [4.69, 9.17) is 0 Å². The third kappa shape index (κ3) is 2.84. The fraction of sp³-hybridized carbons (Fsp3) is 0.526. The second-order valence-corrected chi connectivity index (χ2v) is 7.62. The molecular formula is C19H25N5O. The Bertz CT molecular complexity index is 732. The summed E-state index contributed by atoms with van der Waals surface area (Å²) >= 11 is 0. The standard InChI is InChI=1S/C19H25N5O/c1-14(2)11-23-17(22-19(18(23)25)9-3-4-10-19)15-5-7-16(8-6-15)24-13-20-12-21-24/h5-8,12-14,17,22H,3-4,9-11H2,1-2H3/t17-/m1/s1. The van der Waals surface area contributed by atoms with Crippen LogP contribution in [0.2, 0.25) is 0 Å². The van der Waals surface area contributed by atoms with Gasteiger partial charge < -0.3 is 4.90 Å². The molecule has 1 saturated carbocycles. The lowest BCUT2D eigenvalue weighted by molar-refractivity contribution is -0.133. The number of amides is 1. The van der Waals surface area contributed by atoms with Crippen LogP contribution in [0.5, 0.6) is 0 Å². The molecule has 25 heavy (non-hydrogen) atoms. The lowest BCUT2D eigenvalue weighted by Gasteiger charge is -2.26. The van der Waals surface area contributed by atoms with Crippen molar-refractivity contribution >= 4 is 5.91 Å². The fourth-order valence-electron chi connectivity index (χ4n) is 4.13. The van der Waals surface area contributed by atoms with E-state index < -0.39 is 0 Å². The predicted molar refractivity (Wildman–Crippen MR) is 95.0 cm³/mol. The number of aromatic nitrogens is 3. The van der Waals surface area contributed by atoms with Crippen molar-refractivity contribution in [2.75, 3.05) is 6.54 Å². The minimum atomic E-state index is -0.343. The van der Waals surface area contributed by atoms with Crippen LogP contribution in [0, 0.1) is 5.92 Å². The van der Waals surface area contributed by atoms with E-state index in [2.05, 4.69) is 41.4 Å². The summed E-state index contributed by atoms with van der Waals surface area (Å²) in [5.74, 6) is 0.725. The summed E-state index contributed by atoms with van der Waals surface area (Å²) in [5.41, 5.74) is 1.75. The lowest BCUT2D eigenvalue weighted by Crippen LogP contribution is -2.44. The van der Waals surface area contributed by atoms with Gasteiger partial charge in [-0.3, -0.25) is 10.1 Å². The minimum absolute atomic E-state index is 0.0437. The van der Waals surface area contributed by atoms with E-state index in [-0.39, 0.29) is 17.6 Å². The molecule has 1 spiro atoms. The van der Waals surface area contributed by atoms with Crippen molar-refractivity contribution in [1.29, 1.82) is 0 Å². The first-order valence-electron chi connectivity index (χ1n) is 9.13. The van der Waals surface area contributed by atoms with Crippen LogP contribution in [0.15, 0.2) is 36.9 Å². The van der Waals surface area contributed by atoms with Crippen molar-refractivity contribution in [3.05, 3.63) is 42.5 Å². The van der Waals surface area contributed by atoms with Crippen LogP contribution in [-0.4, -0.2) is 37.7 Å². The van der Waals surface area contributed by atoms with E-state index in [1.54, 1.807) is 11.0 Å². The summed E-state index contributed by atoms with van der Waals surface area (Å²) in [5, 5.41) is 7.85. The van der Waals surface area contributed by atoms with Crippen molar-refractivity contribution < 1.29 is 4.79 Å². The molecule has 0 unspecified atom stereocenters. The zero-order valence-corrected chi connectivity index (χ0v) is 14.9. The molecule has 1 amide bonds. The van der Waals surface area contributed by atoms with Crippen LogP contribution in [-0.2, 0) is 4.79 Å². The quantitative estimate of drug-likeness (QED) is 0.930. The van der Waals surface area contributed by atoms with Gasteiger partial charge in [0.05, 0.1) is 11.2 Å². The Morgan fingerprint density at radius 1 is 1.24 bits per heavy atom. The summed E-state index contributed by atoms with van der Waals surface area (Å²) in [6, 6.07) is 8.24. The molecule has 2 aliphatic rings. The third-order valence-corrected chi connectivity index (χ3v) is 5.31. The van der Waals surface area contributed by atoms with E-state index >= 15 is 0 Å². The van der Waals surface area contributed by atoms with Gasteiger partial charge in [-0.05, 0) is 36.5 Å². The summed E-state index contributed by atoms with van der Waals surface area (Å²) in [6.45, 7) is 5.11. The maximum absolute atomic E-state index is 13.1. The molecule has 132 valence electrons. The molecule has 2 heterocycles. The zero-order valence-electron chi connectivity index (χ0n) is 14.9. The Hall–Kier alpha value is -2.21. The van der Waals surface area contributed by atoms with Gasteiger partial charge in [-0.2, -0.15) is 5.10 Å². The molecule has 0 radical (unpaired) electrons. The van der Waals surface area contributed by atoms with Gasteiger partial charge in [0.15, 0.2) is 0 Å². The van der Waals surface area contributed by atoms with Gasteiger partial charge in [0.25, 0.3) is 0 Å². The first kappa shape index (κ1) is 16.3. The normalized spacial score (nSPS) is 22.4. The highest BCUT2D eigenvalue weighted by Gasteiger charge is 2.52. The second kappa shape index (κ2) is 6.26. The van der Waals surface area contributed by atoms with Crippen LogP contribution in [0.4, 0.5) is 0 Å². The van der Waals surface area contributed by atoms with E-state index in [1.807, 2.05) is 17.0 Å². The average Bonchev–Trinajstić information content (AvgIpc) is 3.33. The molecule has 1 atom stereocenters. The van der Waals surface area contributed by atoms with Crippen LogP contribution < -0.4 is 5.32 Å². The number of carbonyl (C=O) groups excluding carboxylic acids is 1. The van der Waals surface area contributed by atoms with E-state index in [0.717, 1.165) is 43.5 Å². The number of nitrogens with one attached hydrogen (secondary N) is 1.